The molecular weight excluding hydrogens is 1130 g/mol. The number of carbonyl (C=O) groups is 5. The monoisotopic (exact) mass is 1210 g/mol. The predicted molar refractivity (Wildman–Crippen MR) is 324 cm³/mol. The lowest BCUT2D eigenvalue weighted by Crippen LogP contribution is -2.61. The Morgan fingerprint density at radius 3 is 2.23 bits per heavy atom. The molecule has 3 aromatic carbocycles. The van der Waals surface area contributed by atoms with Gasteiger partial charge in [-0.3, -0.25) is 24.0 Å². The molecule has 0 spiro atoms. The Kier molecular flexibility index (Phi) is 22.4. The highest BCUT2D eigenvalue weighted by molar-refractivity contribution is 6.03. The van der Waals surface area contributed by atoms with Gasteiger partial charge in [-0.1, -0.05) is 65.0 Å². The molecule has 2 aliphatic carbocycles. The molecule has 9 rings (SSSR count). The number of aryl methyl sites for hydroxylation is 1. The Bertz CT molecular complexity index is 3330. The first-order chi connectivity index (χ1) is 42.5. The summed E-state index contributed by atoms with van der Waals surface area (Å²) in [7, 11) is 0. The molecule has 21 nitrogen and oxygen atoms in total. The summed E-state index contributed by atoms with van der Waals surface area (Å²) < 4.78 is 63.6. The van der Waals surface area contributed by atoms with Crippen LogP contribution >= 0.6 is 0 Å². The molecule has 4 heterocycles. The maximum Gasteiger partial charge on any atom is 0.284 e. The van der Waals surface area contributed by atoms with Crippen molar-refractivity contribution < 1.29 is 60.9 Å². The van der Waals surface area contributed by atoms with Gasteiger partial charge in [0.15, 0.2) is 11.4 Å². The van der Waals surface area contributed by atoms with Gasteiger partial charge >= 0.3 is 0 Å². The molecule has 88 heavy (non-hydrogen) atoms. The second-order valence-electron chi connectivity index (χ2n) is 23.4. The van der Waals surface area contributed by atoms with Gasteiger partial charge in [0.2, 0.25) is 23.6 Å². The van der Waals surface area contributed by atoms with E-state index in [9.17, 15) is 32.8 Å². The standard InChI is InChI=1S/C65H80F2N10O11/c1-6-41(2)59(78)74-57(65(3,4)5)64(82)76-38-47-34-49(21-18-45(47)35-54(76)62(81)71-51-13-9-11-43-10-7-8-12-50(43)51)87-33-32-86-31-30-85-29-28-84-27-26-83-25-24-69-60(79)44-16-19-48(20-17-44)77-39-52(56(75-77)58(66)67)72-61(80)53-40-88-63(73-53)46-22-23-68-55(36-46)70-37-42-14-15-42/h7-8,10,12,16-23,34,36,39-42,51,54,57-58H,6,9,11,13-15,24-33,35,37-38H2,1-5H3,(H,68,70)(H,69,79)(H,71,81)(H,72,80)(H,74,78)/t41-,51-,54+,57-/m1/s1. The van der Waals surface area contributed by atoms with Gasteiger partial charge in [0.05, 0.1) is 76.5 Å². The first kappa shape index (κ1) is 64.4. The number of carbonyl (C=O) groups excluding carboxylic acids is 5. The summed E-state index contributed by atoms with van der Waals surface area (Å²) in [5.41, 5.74) is 3.85. The summed E-state index contributed by atoms with van der Waals surface area (Å²) in [5.74, 6) is -0.0517. The zero-order valence-electron chi connectivity index (χ0n) is 50.6. The first-order valence-electron chi connectivity index (χ1n) is 30.3. The number of pyridine rings is 1. The van der Waals surface area contributed by atoms with Crippen molar-refractivity contribution in [2.45, 2.75) is 111 Å². The average Bonchev–Trinajstić information content (AvgIpc) is 2.99. The first-order valence-corrected chi connectivity index (χ1v) is 30.3. The van der Waals surface area contributed by atoms with Crippen molar-refractivity contribution in [1.82, 2.24) is 40.6 Å². The van der Waals surface area contributed by atoms with Gasteiger partial charge in [-0.05, 0) is 121 Å². The van der Waals surface area contributed by atoms with Crippen LogP contribution in [0.25, 0.3) is 17.1 Å². The molecule has 4 atom stereocenters. The molecule has 0 unspecified atom stereocenters. The number of benzene rings is 3. The Labute approximate surface area is 511 Å². The molecule has 5 N–H and O–H groups in total. The lowest BCUT2D eigenvalue weighted by molar-refractivity contribution is -0.147. The van der Waals surface area contributed by atoms with E-state index in [1.807, 2.05) is 65.0 Å². The van der Waals surface area contributed by atoms with Gasteiger partial charge in [0, 0.05) is 49.3 Å². The topological polar surface area (TPSA) is 252 Å². The van der Waals surface area contributed by atoms with E-state index in [4.69, 9.17) is 28.1 Å². The van der Waals surface area contributed by atoms with Crippen molar-refractivity contribution in [3.8, 4) is 22.9 Å². The molecule has 6 aromatic rings. The lowest BCUT2D eigenvalue weighted by Gasteiger charge is -2.42. The molecule has 1 aliphatic heterocycles. The summed E-state index contributed by atoms with van der Waals surface area (Å²) in [6, 6.07) is 21.7. The van der Waals surface area contributed by atoms with E-state index >= 15 is 0 Å². The number of amides is 5. The van der Waals surface area contributed by atoms with Gasteiger partial charge < -0.3 is 59.6 Å². The highest BCUT2D eigenvalue weighted by Gasteiger charge is 2.43. The molecule has 1 saturated carbocycles. The maximum absolute atomic E-state index is 14.7. The van der Waals surface area contributed by atoms with Gasteiger partial charge in [-0.2, -0.15) is 5.10 Å². The van der Waals surface area contributed by atoms with Crippen LogP contribution in [0, 0.1) is 17.3 Å². The predicted octanol–water partition coefficient (Wildman–Crippen LogP) is 8.83. The number of nitrogens with zero attached hydrogens (tertiary/aromatic N) is 5. The fourth-order valence-electron chi connectivity index (χ4n) is 10.4. The second kappa shape index (κ2) is 30.7. The van der Waals surface area contributed by atoms with Crippen molar-refractivity contribution in [1.29, 1.82) is 0 Å². The highest BCUT2D eigenvalue weighted by atomic mass is 19.3. The Morgan fingerprint density at radius 2 is 1.52 bits per heavy atom. The van der Waals surface area contributed by atoms with Gasteiger partial charge in [-0.15, -0.1) is 0 Å². The smallest absolute Gasteiger partial charge is 0.284 e. The summed E-state index contributed by atoms with van der Waals surface area (Å²) in [6.45, 7) is 13.6. The van der Waals surface area contributed by atoms with Crippen LogP contribution in [0.1, 0.15) is 128 Å². The third-order valence-electron chi connectivity index (χ3n) is 15.8. The number of nitrogens with one attached hydrogen (secondary N) is 5. The van der Waals surface area contributed by atoms with Crippen molar-refractivity contribution in [2.75, 3.05) is 83.2 Å². The third kappa shape index (κ3) is 17.6. The minimum atomic E-state index is -3.00. The molecule has 3 aliphatic rings. The summed E-state index contributed by atoms with van der Waals surface area (Å²) in [6.07, 6.45) is 7.05. The van der Waals surface area contributed by atoms with E-state index in [0.717, 1.165) is 48.8 Å². The molecular formula is C65H80F2N10O11. The molecule has 0 bridgehead atoms. The van der Waals surface area contributed by atoms with E-state index in [-0.39, 0.29) is 79.2 Å². The number of oxazole rings is 1. The quantitative estimate of drug-likeness (QED) is 0.0255. The van der Waals surface area contributed by atoms with Crippen molar-refractivity contribution >= 4 is 41.0 Å². The van der Waals surface area contributed by atoms with Gasteiger partial charge in [0.1, 0.15) is 36.5 Å². The number of aromatic nitrogens is 4. The molecule has 23 heteroatoms. The Balaban J connectivity index is 0.636. The van der Waals surface area contributed by atoms with Crippen LogP contribution in [0.15, 0.2) is 102 Å². The normalized spacial score (nSPS) is 16.2. The average molecular weight is 1220 g/mol. The highest BCUT2D eigenvalue weighted by Crippen LogP contribution is 2.35. The van der Waals surface area contributed by atoms with Crippen LogP contribution in [0.2, 0.25) is 0 Å². The largest absolute Gasteiger partial charge is 0.491 e. The van der Waals surface area contributed by atoms with Crippen LogP contribution in [0.4, 0.5) is 20.3 Å². The minimum absolute atomic E-state index is 0.113. The molecule has 0 radical (unpaired) electrons. The number of fused-ring (bicyclic) bond motifs is 2. The van der Waals surface area contributed by atoms with Crippen molar-refractivity contribution in [2.24, 2.45) is 17.3 Å². The van der Waals surface area contributed by atoms with Crippen LogP contribution in [-0.4, -0.2) is 139 Å². The Morgan fingerprint density at radius 1 is 0.807 bits per heavy atom. The maximum atomic E-state index is 14.7. The summed E-state index contributed by atoms with van der Waals surface area (Å²) in [4.78, 5) is 78.5. The van der Waals surface area contributed by atoms with Crippen LogP contribution in [0.3, 0.4) is 0 Å². The van der Waals surface area contributed by atoms with E-state index in [0.29, 0.717) is 93.4 Å². The number of anilines is 2. The van der Waals surface area contributed by atoms with E-state index in [1.54, 1.807) is 35.4 Å². The molecule has 3 aromatic heterocycles. The number of hydrogen-bond donors (Lipinski definition) is 5. The van der Waals surface area contributed by atoms with Crippen LogP contribution < -0.4 is 31.3 Å². The summed E-state index contributed by atoms with van der Waals surface area (Å²) in [5, 5.41) is 18.9. The summed E-state index contributed by atoms with van der Waals surface area (Å²) >= 11 is 0. The van der Waals surface area contributed by atoms with Crippen LogP contribution in [0.5, 0.6) is 5.75 Å². The SMILES string of the molecule is CC[C@@H](C)C(=O)N[C@H](C(=O)N1Cc2cc(OCCOCCOCCOCCOCCNC(=O)c3ccc(-n4cc(NC(=O)c5coc(-c6ccnc(NCC7CC7)c6)n5)c(C(F)F)n4)cc3)ccc2C[C@H]1C(=O)N[C@@H]1CCCc2ccccc21)C(C)(C)C. The number of ether oxygens (including phenoxy) is 5. The Hall–Kier alpha value is -8.12. The van der Waals surface area contributed by atoms with Crippen LogP contribution in [-0.2, 0) is 52.7 Å². The molecule has 0 saturated heterocycles. The number of hydrogen-bond acceptors (Lipinski definition) is 15. The van der Waals surface area contributed by atoms with E-state index < -0.39 is 35.5 Å². The lowest BCUT2D eigenvalue weighted by atomic mass is 9.83. The van der Waals surface area contributed by atoms with E-state index in [2.05, 4.69) is 53.8 Å². The number of halogens is 2. The van der Waals surface area contributed by atoms with Crippen molar-refractivity contribution in [3.63, 3.8) is 0 Å². The number of alkyl halides is 2. The van der Waals surface area contributed by atoms with Crippen molar-refractivity contribution in [3.05, 3.63) is 137 Å². The molecule has 5 amide bonds. The van der Waals surface area contributed by atoms with E-state index in [1.165, 1.54) is 41.4 Å². The fourth-order valence-corrected chi connectivity index (χ4v) is 10.4. The molecule has 470 valence electrons. The molecule has 1 fully saturated rings. The third-order valence-corrected chi connectivity index (χ3v) is 15.8. The van der Waals surface area contributed by atoms with Gasteiger partial charge in [-0.25, -0.2) is 23.4 Å². The fraction of sp³-hybridized carbons (Fsp3) is 0.477. The minimum Gasteiger partial charge on any atom is -0.491 e. The zero-order chi connectivity index (χ0) is 62.2. The second-order valence-corrected chi connectivity index (χ2v) is 23.4. The number of rotatable bonds is 31. The van der Waals surface area contributed by atoms with Gasteiger partial charge in [0.25, 0.3) is 18.2 Å². The zero-order valence-corrected chi connectivity index (χ0v) is 50.6.